The van der Waals surface area contributed by atoms with Gasteiger partial charge in [0, 0.05) is 17.7 Å². The normalized spacial score (nSPS) is 10.6. The molecule has 0 atom stereocenters. The van der Waals surface area contributed by atoms with Gasteiger partial charge in [0.1, 0.15) is 5.82 Å². The summed E-state index contributed by atoms with van der Waals surface area (Å²) in [6.45, 7) is 2.53. The van der Waals surface area contributed by atoms with Crippen molar-refractivity contribution in [3.05, 3.63) is 30.1 Å². The molecule has 4 N–H and O–H groups in total. The highest BCUT2D eigenvalue weighted by molar-refractivity contribution is 5.91. The number of carbonyl (C=O) groups excluding carboxylic acids is 1. The molecule has 112 valence electrons. The average molecular weight is 287 g/mol. The number of aryl methyl sites for hydroxylation is 1. The number of aromatic amines is 1. The minimum Gasteiger partial charge on any atom is -0.330 e. The van der Waals surface area contributed by atoms with Crippen LogP contribution in [-0.2, 0) is 4.79 Å². The summed E-state index contributed by atoms with van der Waals surface area (Å²) in [6.07, 6.45) is 3.33. The number of nitrogens with two attached hydrogens (primary N) is 1. The van der Waals surface area contributed by atoms with Crippen molar-refractivity contribution in [1.29, 1.82) is 0 Å². The van der Waals surface area contributed by atoms with Crippen molar-refractivity contribution in [2.75, 3.05) is 11.9 Å². The quantitative estimate of drug-likeness (QED) is 0.680. The highest BCUT2D eigenvalue weighted by atomic mass is 16.1. The van der Waals surface area contributed by atoms with Crippen molar-refractivity contribution in [2.45, 2.75) is 32.6 Å². The predicted molar refractivity (Wildman–Crippen MR) is 82.7 cm³/mol. The molecule has 1 aromatic heterocycles. The fourth-order valence-electron chi connectivity index (χ4n) is 2.04. The maximum absolute atomic E-state index is 11.8. The lowest BCUT2D eigenvalue weighted by Crippen LogP contribution is -2.11. The van der Waals surface area contributed by atoms with Crippen LogP contribution in [0, 0.1) is 6.92 Å². The summed E-state index contributed by atoms with van der Waals surface area (Å²) in [5.41, 5.74) is 7.07. The number of nitrogens with one attached hydrogen (secondary N) is 2. The zero-order chi connectivity index (χ0) is 15.1. The Morgan fingerprint density at radius 3 is 2.90 bits per heavy atom. The van der Waals surface area contributed by atoms with Gasteiger partial charge in [-0.3, -0.25) is 9.89 Å². The van der Waals surface area contributed by atoms with Crippen LogP contribution in [0.3, 0.4) is 0 Å². The standard InChI is InChI=1S/C15H21N5O/c1-11-17-15(20-19-11)12-6-5-7-13(10-12)18-14(21)8-3-2-4-9-16/h5-7,10H,2-4,8-9,16H2,1H3,(H,18,21)(H,17,19,20). The second kappa shape index (κ2) is 7.54. The van der Waals surface area contributed by atoms with Gasteiger partial charge < -0.3 is 11.1 Å². The molecule has 0 unspecified atom stereocenters. The molecule has 2 aromatic rings. The van der Waals surface area contributed by atoms with Crippen molar-refractivity contribution in [2.24, 2.45) is 5.73 Å². The molecule has 6 nitrogen and oxygen atoms in total. The second-order valence-corrected chi connectivity index (χ2v) is 4.97. The van der Waals surface area contributed by atoms with Gasteiger partial charge in [-0.25, -0.2) is 4.98 Å². The van der Waals surface area contributed by atoms with Crippen LogP contribution in [0.2, 0.25) is 0 Å². The number of anilines is 1. The third kappa shape index (κ3) is 4.68. The number of aromatic nitrogens is 3. The molecule has 0 aliphatic carbocycles. The van der Waals surface area contributed by atoms with Gasteiger partial charge >= 0.3 is 0 Å². The number of benzene rings is 1. The molecule has 21 heavy (non-hydrogen) atoms. The van der Waals surface area contributed by atoms with E-state index in [2.05, 4.69) is 20.5 Å². The summed E-state index contributed by atoms with van der Waals surface area (Å²) in [5, 5.41) is 9.82. The fraction of sp³-hybridized carbons (Fsp3) is 0.400. The SMILES string of the molecule is Cc1nc(-c2cccc(NC(=O)CCCCCN)c2)n[nH]1. The maximum Gasteiger partial charge on any atom is 0.224 e. The molecular weight excluding hydrogens is 266 g/mol. The summed E-state index contributed by atoms with van der Waals surface area (Å²) < 4.78 is 0. The Labute approximate surface area is 124 Å². The van der Waals surface area contributed by atoms with Gasteiger partial charge in [0.25, 0.3) is 0 Å². The highest BCUT2D eigenvalue weighted by Crippen LogP contribution is 2.19. The van der Waals surface area contributed by atoms with Gasteiger partial charge in [-0.15, -0.1) is 0 Å². The largest absolute Gasteiger partial charge is 0.330 e. The average Bonchev–Trinajstić information content (AvgIpc) is 2.91. The molecule has 0 saturated carbocycles. The van der Waals surface area contributed by atoms with Crippen LogP contribution < -0.4 is 11.1 Å². The van der Waals surface area contributed by atoms with Crippen LogP contribution in [-0.4, -0.2) is 27.6 Å². The van der Waals surface area contributed by atoms with Crippen LogP contribution in [0.4, 0.5) is 5.69 Å². The van der Waals surface area contributed by atoms with E-state index in [4.69, 9.17) is 5.73 Å². The lowest BCUT2D eigenvalue weighted by Gasteiger charge is -2.06. The molecule has 0 saturated heterocycles. The van der Waals surface area contributed by atoms with Crippen molar-refractivity contribution in [3.63, 3.8) is 0 Å². The molecule has 2 rings (SSSR count). The molecule has 0 aliphatic heterocycles. The summed E-state index contributed by atoms with van der Waals surface area (Å²) in [5.74, 6) is 1.42. The number of rotatable bonds is 7. The predicted octanol–water partition coefficient (Wildman–Crippen LogP) is 2.24. The van der Waals surface area contributed by atoms with Crippen LogP contribution in [0.1, 0.15) is 31.5 Å². The molecule has 0 spiro atoms. The number of hydrogen-bond donors (Lipinski definition) is 3. The summed E-state index contributed by atoms with van der Waals surface area (Å²) in [7, 11) is 0. The van der Waals surface area contributed by atoms with Crippen molar-refractivity contribution >= 4 is 11.6 Å². The fourth-order valence-corrected chi connectivity index (χ4v) is 2.04. The first-order valence-electron chi connectivity index (χ1n) is 7.18. The minimum absolute atomic E-state index is 0.0235. The summed E-state index contributed by atoms with van der Waals surface area (Å²) >= 11 is 0. The number of unbranched alkanes of at least 4 members (excludes halogenated alkanes) is 2. The first kappa shape index (κ1) is 15.2. The van der Waals surface area contributed by atoms with Crippen molar-refractivity contribution in [3.8, 4) is 11.4 Å². The summed E-state index contributed by atoms with van der Waals surface area (Å²) in [4.78, 5) is 16.1. The van der Waals surface area contributed by atoms with E-state index in [0.29, 0.717) is 18.8 Å². The van der Waals surface area contributed by atoms with Gasteiger partial charge in [-0.2, -0.15) is 5.10 Å². The molecule has 0 radical (unpaired) electrons. The summed E-state index contributed by atoms with van der Waals surface area (Å²) in [6, 6.07) is 7.53. The third-order valence-electron chi connectivity index (χ3n) is 3.11. The molecule has 0 aliphatic rings. The number of carbonyl (C=O) groups is 1. The van der Waals surface area contributed by atoms with Gasteiger partial charge in [0.15, 0.2) is 5.82 Å². The number of amides is 1. The van der Waals surface area contributed by atoms with E-state index in [1.807, 2.05) is 31.2 Å². The van der Waals surface area contributed by atoms with Crippen LogP contribution in [0.5, 0.6) is 0 Å². The van der Waals surface area contributed by atoms with E-state index in [9.17, 15) is 4.79 Å². The minimum atomic E-state index is 0.0235. The molecule has 1 heterocycles. The van der Waals surface area contributed by atoms with E-state index in [-0.39, 0.29) is 5.91 Å². The Balaban J connectivity index is 1.93. The smallest absolute Gasteiger partial charge is 0.224 e. The first-order valence-corrected chi connectivity index (χ1v) is 7.18. The van der Waals surface area contributed by atoms with Crippen molar-refractivity contribution < 1.29 is 4.79 Å². The van der Waals surface area contributed by atoms with Gasteiger partial charge in [0.2, 0.25) is 5.91 Å². The highest BCUT2D eigenvalue weighted by Gasteiger charge is 2.06. The molecule has 0 fully saturated rings. The van der Waals surface area contributed by atoms with Gasteiger partial charge in [0.05, 0.1) is 0 Å². The van der Waals surface area contributed by atoms with E-state index in [1.54, 1.807) is 0 Å². The van der Waals surface area contributed by atoms with Crippen molar-refractivity contribution in [1.82, 2.24) is 15.2 Å². The van der Waals surface area contributed by atoms with E-state index in [1.165, 1.54) is 0 Å². The first-order chi connectivity index (χ1) is 10.2. The maximum atomic E-state index is 11.8. The Kier molecular flexibility index (Phi) is 5.45. The number of hydrogen-bond acceptors (Lipinski definition) is 4. The molecule has 1 amide bonds. The van der Waals surface area contributed by atoms with Gasteiger partial charge in [-0.1, -0.05) is 18.6 Å². The zero-order valence-corrected chi connectivity index (χ0v) is 12.2. The lowest BCUT2D eigenvalue weighted by molar-refractivity contribution is -0.116. The Bertz CT molecular complexity index is 593. The van der Waals surface area contributed by atoms with Gasteiger partial charge in [-0.05, 0) is 38.4 Å². The molecular formula is C15H21N5O. The van der Waals surface area contributed by atoms with E-state index >= 15 is 0 Å². The topological polar surface area (TPSA) is 96.7 Å². The Morgan fingerprint density at radius 2 is 2.19 bits per heavy atom. The molecule has 6 heteroatoms. The van der Waals surface area contributed by atoms with E-state index < -0.39 is 0 Å². The number of H-pyrrole nitrogens is 1. The van der Waals surface area contributed by atoms with E-state index in [0.717, 1.165) is 36.3 Å². The third-order valence-corrected chi connectivity index (χ3v) is 3.11. The zero-order valence-electron chi connectivity index (χ0n) is 12.2. The van der Waals surface area contributed by atoms with Crippen LogP contribution in [0.25, 0.3) is 11.4 Å². The monoisotopic (exact) mass is 287 g/mol. The van der Waals surface area contributed by atoms with Crippen LogP contribution >= 0.6 is 0 Å². The van der Waals surface area contributed by atoms with Crippen LogP contribution in [0.15, 0.2) is 24.3 Å². The Morgan fingerprint density at radius 1 is 1.33 bits per heavy atom. The molecule has 0 bridgehead atoms. The lowest BCUT2D eigenvalue weighted by atomic mass is 10.1. The Hall–Kier alpha value is -2.21. The second-order valence-electron chi connectivity index (χ2n) is 4.97. The molecule has 1 aromatic carbocycles. The number of nitrogens with zero attached hydrogens (tertiary/aromatic N) is 2.